The SMILES string of the molecule is Cn1cc(-c2ccnc3c2CCC3O)c(-c2ccc(F)cc2)n1. The van der Waals surface area contributed by atoms with Crippen molar-refractivity contribution in [1.29, 1.82) is 0 Å². The molecule has 1 aliphatic carbocycles. The highest BCUT2D eigenvalue weighted by Gasteiger charge is 2.26. The van der Waals surface area contributed by atoms with Gasteiger partial charge in [0, 0.05) is 30.6 Å². The first kappa shape index (κ1) is 14.1. The molecule has 0 radical (unpaired) electrons. The molecule has 4 rings (SSSR count). The molecule has 1 unspecified atom stereocenters. The normalized spacial score (nSPS) is 16.6. The van der Waals surface area contributed by atoms with E-state index < -0.39 is 6.10 Å². The van der Waals surface area contributed by atoms with Crippen LogP contribution in [-0.2, 0) is 13.5 Å². The maximum Gasteiger partial charge on any atom is 0.123 e. The molecule has 1 N–H and O–H groups in total. The van der Waals surface area contributed by atoms with Crippen LogP contribution in [0.2, 0.25) is 0 Å². The van der Waals surface area contributed by atoms with Crippen molar-refractivity contribution in [1.82, 2.24) is 14.8 Å². The molecule has 0 spiro atoms. The molecule has 3 aromatic rings. The third-order valence-electron chi connectivity index (χ3n) is 4.31. The maximum atomic E-state index is 13.2. The molecule has 0 amide bonds. The van der Waals surface area contributed by atoms with Crippen molar-refractivity contribution in [3.63, 3.8) is 0 Å². The minimum Gasteiger partial charge on any atom is -0.387 e. The number of fused-ring (bicyclic) bond motifs is 1. The summed E-state index contributed by atoms with van der Waals surface area (Å²) < 4.78 is 14.9. The fraction of sp³-hybridized carbons (Fsp3) is 0.222. The maximum absolute atomic E-state index is 13.2. The van der Waals surface area contributed by atoms with Crippen LogP contribution in [0.25, 0.3) is 22.4 Å². The summed E-state index contributed by atoms with van der Waals surface area (Å²) >= 11 is 0. The molecular formula is C18H16FN3O. The molecule has 0 saturated carbocycles. The Labute approximate surface area is 133 Å². The molecule has 1 atom stereocenters. The summed E-state index contributed by atoms with van der Waals surface area (Å²) in [5.74, 6) is -0.265. The smallest absolute Gasteiger partial charge is 0.123 e. The first-order chi connectivity index (χ1) is 11.1. The van der Waals surface area contributed by atoms with Crippen LogP contribution < -0.4 is 0 Å². The average molecular weight is 309 g/mol. The Bertz CT molecular complexity index is 870. The van der Waals surface area contributed by atoms with Gasteiger partial charge in [-0.15, -0.1) is 0 Å². The van der Waals surface area contributed by atoms with Gasteiger partial charge < -0.3 is 5.11 Å². The third kappa shape index (κ3) is 2.33. The summed E-state index contributed by atoms with van der Waals surface area (Å²) in [4.78, 5) is 4.32. The monoisotopic (exact) mass is 309 g/mol. The molecule has 4 nitrogen and oxygen atoms in total. The lowest BCUT2D eigenvalue weighted by atomic mass is 9.97. The molecule has 2 aromatic heterocycles. The number of aliphatic hydroxyl groups is 1. The van der Waals surface area contributed by atoms with Gasteiger partial charge in [0.2, 0.25) is 0 Å². The van der Waals surface area contributed by atoms with E-state index in [1.54, 1.807) is 23.0 Å². The van der Waals surface area contributed by atoms with E-state index in [1.807, 2.05) is 19.3 Å². The molecule has 2 heterocycles. The fourth-order valence-corrected chi connectivity index (χ4v) is 3.24. The summed E-state index contributed by atoms with van der Waals surface area (Å²) in [6.07, 6.45) is 4.70. The fourth-order valence-electron chi connectivity index (χ4n) is 3.24. The zero-order valence-electron chi connectivity index (χ0n) is 12.7. The second kappa shape index (κ2) is 5.28. The van der Waals surface area contributed by atoms with Crippen LogP contribution in [0.5, 0.6) is 0 Å². The number of aromatic nitrogens is 3. The van der Waals surface area contributed by atoms with Gasteiger partial charge >= 0.3 is 0 Å². The van der Waals surface area contributed by atoms with Gasteiger partial charge in [0.25, 0.3) is 0 Å². The first-order valence-electron chi connectivity index (χ1n) is 7.59. The third-order valence-corrected chi connectivity index (χ3v) is 4.31. The van der Waals surface area contributed by atoms with Crippen LogP contribution in [0, 0.1) is 5.82 Å². The molecule has 1 aromatic carbocycles. The topological polar surface area (TPSA) is 50.9 Å². The van der Waals surface area contributed by atoms with E-state index in [4.69, 9.17) is 0 Å². The lowest BCUT2D eigenvalue weighted by Crippen LogP contribution is -1.96. The highest BCUT2D eigenvalue weighted by atomic mass is 19.1. The minimum atomic E-state index is -0.490. The van der Waals surface area contributed by atoms with Crippen LogP contribution in [-0.4, -0.2) is 19.9 Å². The molecular weight excluding hydrogens is 293 g/mol. The average Bonchev–Trinajstić information content (AvgIpc) is 3.12. The Hall–Kier alpha value is -2.53. The van der Waals surface area contributed by atoms with Gasteiger partial charge in [-0.25, -0.2) is 4.39 Å². The van der Waals surface area contributed by atoms with Crippen LogP contribution in [0.4, 0.5) is 4.39 Å². The number of halogens is 1. The van der Waals surface area contributed by atoms with E-state index in [9.17, 15) is 9.50 Å². The van der Waals surface area contributed by atoms with Crippen molar-refractivity contribution in [2.24, 2.45) is 7.05 Å². The van der Waals surface area contributed by atoms with Crippen molar-refractivity contribution in [2.45, 2.75) is 18.9 Å². The summed E-state index contributed by atoms with van der Waals surface area (Å²) in [6, 6.07) is 8.30. The number of benzene rings is 1. The van der Waals surface area contributed by atoms with E-state index in [-0.39, 0.29) is 5.82 Å². The summed E-state index contributed by atoms with van der Waals surface area (Å²) in [7, 11) is 1.87. The number of nitrogens with zero attached hydrogens (tertiary/aromatic N) is 3. The molecule has 5 heteroatoms. The predicted octanol–water partition coefficient (Wildman–Crippen LogP) is 3.27. The number of aryl methyl sites for hydroxylation is 1. The van der Waals surface area contributed by atoms with Crippen molar-refractivity contribution in [3.8, 4) is 22.4 Å². The molecule has 0 aliphatic heterocycles. The Morgan fingerprint density at radius 2 is 1.96 bits per heavy atom. The highest BCUT2D eigenvalue weighted by Crippen LogP contribution is 2.39. The van der Waals surface area contributed by atoms with Crippen molar-refractivity contribution in [3.05, 3.63) is 59.8 Å². The number of rotatable bonds is 2. The standard InChI is InChI=1S/C18H16FN3O/c1-22-10-15(17(21-22)11-2-4-12(19)5-3-11)13-8-9-20-18-14(13)6-7-16(18)23/h2-5,8-10,16,23H,6-7H2,1H3. The Morgan fingerprint density at radius 3 is 2.74 bits per heavy atom. The van der Waals surface area contributed by atoms with E-state index in [0.29, 0.717) is 6.42 Å². The molecule has 0 saturated heterocycles. The molecule has 116 valence electrons. The van der Waals surface area contributed by atoms with Crippen LogP contribution in [0.15, 0.2) is 42.7 Å². The van der Waals surface area contributed by atoms with Crippen molar-refractivity contribution >= 4 is 0 Å². The van der Waals surface area contributed by atoms with Crippen LogP contribution in [0.1, 0.15) is 23.8 Å². The Kier molecular flexibility index (Phi) is 3.23. The lowest BCUT2D eigenvalue weighted by Gasteiger charge is -2.09. The first-order valence-corrected chi connectivity index (χ1v) is 7.59. The van der Waals surface area contributed by atoms with E-state index in [0.717, 1.165) is 40.1 Å². The zero-order valence-corrected chi connectivity index (χ0v) is 12.7. The van der Waals surface area contributed by atoms with Gasteiger partial charge in [0.05, 0.1) is 11.8 Å². The molecule has 0 bridgehead atoms. The lowest BCUT2D eigenvalue weighted by molar-refractivity contribution is 0.176. The highest BCUT2D eigenvalue weighted by molar-refractivity contribution is 5.82. The number of hydrogen-bond donors (Lipinski definition) is 1. The summed E-state index contributed by atoms with van der Waals surface area (Å²) in [5, 5.41) is 14.6. The van der Waals surface area contributed by atoms with Gasteiger partial charge in [-0.3, -0.25) is 9.67 Å². The molecule has 1 aliphatic rings. The summed E-state index contributed by atoms with van der Waals surface area (Å²) in [6.45, 7) is 0. The van der Waals surface area contributed by atoms with Crippen molar-refractivity contribution in [2.75, 3.05) is 0 Å². The second-order valence-electron chi connectivity index (χ2n) is 5.85. The molecule has 0 fully saturated rings. The van der Waals surface area contributed by atoms with E-state index >= 15 is 0 Å². The summed E-state index contributed by atoms with van der Waals surface area (Å²) in [5.41, 5.74) is 5.53. The quantitative estimate of drug-likeness (QED) is 0.790. The van der Waals surface area contributed by atoms with E-state index in [2.05, 4.69) is 10.1 Å². The van der Waals surface area contributed by atoms with Gasteiger partial charge in [-0.1, -0.05) is 0 Å². The zero-order chi connectivity index (χ0) is 16.0. The second-order valence-corrected chi connectivity index (χ2v) is 5.85. The minimum absolute atomic E-state index is 0.265. The number of hydrogen-bond acceptors (Lipinski definition) is 3. The van der Waals surface area contributed by atoms with Gasteiger partial charge in [-0.05, 0) is 54.3 Å². The molecule has 23 heavy (non-hydrogen) atoms. The Balaban J connectivity index is 1.90. The predicted molar refractivity (Wildman–Crippen MR) is 85.1 cm³/mol. The van der Waals surface area contributed by atoms with Crippen molar-refractivity contribution < 1.29 is 9.50 Å². The number of aliphatic hydroxyl groups excluding tert-OH is 1. The van der Waals surface area contributed by atoms with Crippen LogP contribution in [0.3, 0.4) is 0 Å². The van der Waals surface area contributed by atoms with Gasteiger partial charge in [0.1, 0.15) is 11.5 Å². The van der Waals surface area contributed by atoms with Gasteiger partial charge in [0.15, 0.2) is 0 Å². The van der Waals surface area contributed by atoms with Crippen LogP contribution >= 0.6 is 0 Å². The Morgan fingerprint density at radius 1 is 1.17 bits per heavy atom. The van der Waals surface area contributed by atoms with E-state index in [1.165, 1.54) is 12.1 Å². The number of pyridine rings is 1. The largest absolute Gasteiger partial charge is 0.387 e. The van der Waals surface area contributed by atoms with Gasteiger partial charge in [-0.2, -0.15) is 5.10 Å².